The summed E-state index contributed by atoms with van der Waals surface area (Å²) in [5, 5.41) is 19.9. The van der Waals surface area contributed by atoms with Gasteiger partial charge in [-0.2, -0.15) is 0 Å². The molecule has 0 spiro atoms. The summed E-state index contributed by atoms with van der Waals surface area (Å²) in [6, 6.07) is 4.07. The summed E-state index contributed by atoms with van der Waals surface area (Å²) in [6.07, 6.45) is 11.9. The Hall–Kier alpha value is -3.58. The highest BCUT2D eigenvalue weighted by atomic mass is 16.5. The van der Waals surface area contributed by atoms with E-state index in [9.17, 15) is 15.0 Å². The summed E-state index contributed by atoms with van der Waals surface area (Å²) in [4.78, 5) is 15.8. The molecule has 2 N–H and O–H groups in total. The summed E-state index contributed by atoms with van der Waals surface area (Å²) >= 11 is 0. The summed E-state index contributed by atoms with van der Waals surface area (Å²) in [7, 11) is 1.67. The number of carboxylic acid groups (broad SMARTS) is 1. The number of hydrogen-bond donors (Lipinski definition) is 2. The second-order valence-electron chi connectivity index (χ2n) is 8.34. The number of aliphatic hydroxyl groups is 1. The van der Waals surface area contributed by atoms with Crippen LogP contribution in [0.5, 0.6) is 5.75 Å². The van der Waals surface area contributed by atoms with Crippen molar-refractivity contribution < 1.29 is 28.9 Å². The Morgan fingerprint density at radius 1 is 1.18 bits per heavy atom. The van der Waals surface area contributed by atoms with Gasteiger partial charge in [-0.25, -0.2) is 4.79 Å². The number of aliphatic imine (C=N–C) groups is 1. The molecule has 0 radical (unpaired) electrons. The standard InChI is InChI=1S/C27H29NO6/c1-17-12-24(29)22(27(30)31)15-28-9-8-18-13-26(33-11-5-10-32-2)21(14-20(17)18)23-16-34-25-7-4-3-6-19(23)25/h3,6,12-16,29H,4-5,7-11H2,1-2H3,(H,30,31)/b17-12+,24-22?,28-15?. The number of rotatable bonds is 7. The van der Waals surface area contributed by atoms with E-state index in [0.717, 1.165) is 64.2 Å². The molecule has 0 unspecified atom stereocenters. The van der Waals surface area contributed by atoms with E-state index in [0.29, 0.717) is 26.2 Å². The predicted octanol–water partition coefficient (Wildman–Crippen LogP) is 5.25. The van der Waals surface area contributed by atoms with Crippen molar-refractivity contribution in [3.05, 3.63) is 64.3 Å². The normalized spacial score (nSPS) is 17.1. The molecule has 0 saturated carbocycles. The Bertz CT molecular complexity index is 1200. The van der Waals surface area contributed by atoms with E-state index in [-0.39, 0.29) is 11.3 Å². The number of carboxylic acids is 1. The number of aliphatic hydroxyl groups excluding tert-OH is 1. The molecule has 1 aromatic carbocycles. The largest absolute Gasteiger partial charge is 0.507 e. The number of nitrogens with zero attached hydrogens (tertiary/aromatic N) is 1. The number of carbonyl (C=O) groups is 1. The van der Waals surface area contributed by atoms with Crippen LogP contribution >= 0.6 is 0 Å². The molecule has 1 aliphatic heterocycles. The van der Waals surface area contributed by atoms with E-state index < -0.39 is 5.97 Å². The number of furan rings is 1. The predicted molar refractivity (Wildman–Crippen MR) is 131 cm³/mol. The van der Waals surface area contributed by atoms with Gasteiger partial charge in [0.05, 0.1) is 12.9 Å². The number of allylic oxidation sites excluding steroid dienone is 3. The maximum Gasteiger partial charge on any atom is 0.341 e. The van der Waals surface area contributed by atoms with Gasteiger partial charge in [-0.05, 0) is 54.7 Å². The maximum absolute atomic E-state index is 11.5. The number of aliphatic carboxylic acids is 1. The summed E-state index contributed by atoms with van der Waals surface area (Å²) in [5.74, 6) is 0.156. The highest BCUT2D eigenvalue weighted by Crippen LogP contribution is 2.41. The molecular weight excluding hydrogens is 434 g/mol. The molecule has 0 fully saturated rings. The van der Waals surface area contributed by atoms with E-state index in [2.05, 4.69) is 17.1 Å². The molecule has 1 aliphatic carbocycles. The highest BCUT2D eigenvalue weighted by molar-refractivity contribution is 6.09. The van der Waals surface area contributed by atoms with Gasteiger partial charge in [-0.15, -0.1) is 0 Å². The summed E-state index contributed by atoms with van der Waals surface area (Å²) in [6.45, 7) is 3.36. The Morgan fingerprint density at radius 2 is 2.03 bits per heavy atom. The van der Waals surface area contributed by atoms with Crippen molar-refractivity contribution >= 4 is 23.8 Å². The first-order valence-corrected chi connectivity index (χ1v) is 11.4. The SMILES string of the molecule is COCCCOc1cc2c(cc1-c1coc3c1C=CCC3)/C(C)=C/C(O)=C(C(=O)O)C=NCC2. The fourth-order valence-corrected chi connectivity index (χ4v) is 4.25. The minimum Gasteiger partial charge on any atom is -0.507 e. The van der Waals surface area contributed by atoms with Gasteiger partial charge in [-0.1, -0.05) is 12.2 Å². The molecule has 2 heterocycles. The van der Waals surface area contributed by atoms with Crippen molar-refractivity contribution in [3.8, 4) is 16.9 Å². The molecule has 7 nitrogen and oxygen atoms in total. The van der Waals surface area contributed by atoms with Crippen molar-refractivity contribution in [2.45, 2.75) is 32.6 Å². The molecule has 178 valence electrons. The Morgan fingerprint density at radius 3 is 2.82 bits per heavy atom. The molecule has 0 saturated heterocycles. The zero-order valence-corrected chi connectivity index (χ0v) is 19.5. The van der Waals surface area contributed by atoms with Crippen molar-refractivity contribution in [1.29, 1.82) is 0 Å². The lowest BCUT2D eigenvalue weighted by molar-refractivity contribution is -0.132. The van der Waals surface area contributed by atoms with Crippen LogP contribution in [-0.4, -0.2) is 49.3 Å². The van der Waals surface area contributed by atoms with Crippen LogP contribution in [0.2, 0.25) is 0 Å². The third kappa shape index (κ3) is 4.99. The van der Waals surface area contributed by atoms with Gasteiger partial charge in [0, 0.05) is 56.0 Å². The number of methoxy groups -OCH3 is 1. The van der Waals surface area contributed by atoms with E-state index in [1.54, 1.807) is 13.4 Å². The molecule has 1 aromatic heterocycles. The minimum absolute atomic E-state index is 0.227. The van der Waals surface area contributed by atoms with Crippen molar-refractivity contribution in [2.75, 3.05) is 26.9 Å². The number of ether oxygens (including phenoxy) is 2. The van der Waals surface area contributed by atoms with Crippen LogP contribution in [0.25, 0.3) is 22.8 Å². The molecule has 34 heavy (non-hydrogen) atoms. The lowest BCUT2D eigenvalue weighted by Gasteiger charge is -2.18. The van der Waals surface area contributed by atoms with E-state index in [1.807, 2.05) is 19.1 Å². The van der Waals surface area contributed by atoms with Crippen LogP contribution < -0.4 is 4.74 Å². The first-order chi connectivity index (χ1) is 16.5. The van der Waals surface area contributed by atoms with Crippen LogP contribution in [0.1, 0.15) is 42.2 Å². The fourth-order valence-electron chi connectivity index (χ4n) is 4.25. The molecule has 0 atom stereocenters. The fraction of sp³-hybridized carbons (Fsp3) is 0.333. The Balaban J connectivity index is 1.85. The first-order valence-electron chi connectivity index (χ1n) is 11.4. The Labute approximate surface area is 198 Å². The monoisotopic (exact) mass is 463 g/mol. The number of hydrogen-bond acceptors (Lipinski definition) is 6. The number of fused-ring (bicyclic) bond motifs is 2. The lowest BCUT2D eigenvalue weighted by Crippen LogP contribution is -2.08. The molecule has 0 amide bonds. The minimum atomic E-state index is -1.22. The second kappa shape index (κ2) is 10.6. The average Bonchev–Trinajstić information content (AvgIpc) is 3.25. The van der Waals surface area contributed by atoms with E-state index in [1.165, 1.54) is 12.3 Å². The highest BCUT2D eigenvalue weighted by Gasteiger charge is 2.21. The van der Waals surface area contributed by atoms with Gasteiger partial charge < -0.3 is 24.1 Å². The molecule has 2 aromatic rings. The molecular formula is C27H29NO6. The molecule has 7 heteroatoms. The van der Waals surface area contributed by atoms with Gasteiger partial charge in [-0.3, -0.25) is 4.99 Å². The summed E-state index contributed by atoms with van der Waals surface area (Å²) < 4.78 is 17.2. The Kier molecular flexibility index (Phi) is 7.33. The van der Waals surface area contributed by atoms with Crippen LogP contribution in [-0.2, 0) is 22.4 Å². The van der Waals surface area contributed by atoms with Crippen LogP contribution in [0.4, 0.5) is 0 Å². The number of aryl methyl sites for hydroxylation is 1. The van der Waals surface area contributed by atoms with Crippen molar-refractivity contribution in [1.82, 2.24) is 0 Å². The van der Waals surface area contributed by atoms with Gasteiger partial charge in [0.25, 0.3) is 0 Å². The quantitative estimate of drug-likeness (QED) is 0.544. The third-order valence-corrected chi connectivity index (χ3v) is 5.99. The van der Waals surface area contributed by atoms with E-state index in [4.69, 9.17) is 13.9 Å². The van der Waals surface area contributed by atoms with Gasteiger partial charge in [0.2, 0.25) is 0 Å². The van der Waals surface area contributed by atoms with Crippen molar-refractivity contribution in [3.63, 3.8) is 0 Å². The zero-order valence-electron chi connectivity index (χ0n) is 19.5. The zero-order chi connectivity index (χ0) is 24.1. The second-order valence-corrected chi connectivity index (χ2v) is 8.34. The van der Waals surface area contributed by atoms with Gasteiger partial charge in [0.1, 0.15) is 22.8 Å². The van der Waals surface area contributed by atoms with Crippen LogP contribution in [0.3, 0.4) is 0 Å². The van der Waals surface area contributed by atoms with Crippen LogP contribution in [0, 0.1) is 0 Å². The van der Waals surface area contributed by atoms with Crippen LogP contribution in [0.15, 0.2) is 51.3 Å². The first kappa shape index (κ1) is 23.6. The molecule has 0 bridgehead atoms. The topological polar surface area (TPSA) is 101 Å². The smallest absolute Gasteiger partial charge is 0.341 e. The van der Waals surface area contributed by atoms with Crippen molar-refractivity contribution in [2.24, 2.45) is 4.99 Å². The maximum atomic E-state index is 11.5. The third-order valence-electron chi connectivity index (χ3n) is 5.99. The molecule has 4 rings (SSSR count). The van der Waals surface area contributed by atoms with Gasteiger partial charge in [0.15, 0.2) is 0 Å². The summed E-state index contributed by atoms with van der Waals surface area (Å²) in [5.41, 5.74) is 5.33. The van der Waals surface area contributed by atoms with Gasteiger partial charge >= 0.3 is 5.97 Å². The number of benzene rings is 1. The molecule has 2 aliphatic rings. The van der Waals surface area contributed by atoms with E-state index >= 15 is 0 Å². The lowest BCUT2D eigenvalue weighted by atomic mass is 9.90. The average molecular weight is 464 g/mol.